The number of H-pyrrole nitrogens is 1. The molecule has 1 aliphatic heterocycles. The molecular formula is C27H23ClN8O4. The zero-order chi connectivity index (χ0) is 27.6. The molecule has 0 aliphatic carbocycles. The molecule has 0 unspecified atom stereocenters. The van der Waals surface area contributed by atoms with Crippen LogP contribution in [0.15, 0.2) is 71.9 Å². The van der Waals surface area contributed by atoms with E-state index in [0.717, 1.165) is 34.5 Å². The fourth-order valence-corrected chi connectivity index (χ4v) is 5.07. The second kappa shape index (κ2) is 10.8. The van der Waals surface area contributed by atoms with Gasteiger partial charge in [-0.3, -0.25) is 10.1 Å². The maximum Gasteiger partial charge on any atom is 0.411 e. The predicted octanol–water partition coefficient (Wildman–Crippen LogP) is 3.61. The highest BCUT2D eigenvalue weighted by Crippen LogP contribution is 2.34. The zero-order valence-electron chi connectivity index (χ0n) is 21.0. The molecule has 13 heteroatoms. The van der Waals surface area contributed by atoms with E-state index in [1.54, 1.807) is 41.1 Å². The quantitative estimate of drug-likeness (QED) is 0.274. The Labute approximate surface area is 232 Å². The van der Waals surface area contributed by atoms with Crippen LogP contribution in [0, 0.1) is 0 Å². The first-order valence-corrected chi connectivity index (χ1v) is 12.9. The minimum absolute atomic E-state index is 0.0715. The summed E-state index contributed by atoms with van der Waals surface area (Å²) in [5, 5.41) is 23.3. The monoisotopic (exact) mass is 558 g/mol. The van der Waals surface area contributed by atoms with Crippen molar-refractivity contribution in [2.24, 2.45) is 0 Å². The van der Waals surface area contributed by atoms with Crippen molar-refractivity contribution in [3.8, 4) is 28.1 Å². The average Bonchev–Trinajstić information content (AvgIpc) is 3.73. The van der Waals surface area contributed by atoms with Gasteiger partial charge in [0.05, 0.1) is 30.2 Å². The highest BCUT2D eigenvalue weighted by molar-refractivity contribution is 6.31. The smallest absolute Gasteiger partial charge is 0.411 e. The number of anilines is 1. The Kier molecular flexibility index (Phi) is 6.84. The number of pyridine rings is 1. The molecule has 6 rings (SSSR count). The van der Waals surface area contributed by atoms with Crippen LogP contribution >= 0.6 is 11.6 Å². The van der Waals surface area contributed by atoms with Crippen LogP contribution in [0.25, 0.3) is 28.1 Å². The van der Waals surface area contributed by atoms with Crippen LogP contribution in [-0.2, 0) is 11.2 Å². The van der Waals surface area contributed by atoms with Crippen LogP contribution in [0.4, 0.5) is 10.5 Å². The van der Waals surface area contributed by atoms with Crippen molar-refractivity contribution in [2.45, 2.75) is 18.9 Å². The number of amides is 1. The van der Waals surface area contributed by atoms with Crippen molar-refractivity contribution in [3.05, 3.63) is 94.0 Å². The van der Waals surface area contributed by atoms with E-state index in [9.17, 15) is 9.59 Å². The summed E-state index contributed by atoms with van der Waals surface area (Å²) in [6, 6.07) is 15.9. The number of aliphatic hydroxyl groups is 1. The molecule has 0 bridgehead atoms. The first-order valence-electron chi connectivity index (χ1n) is 12.5. The minimum atomic E-state index is -0.638. The van der Waals surface area contributed by atoms with Gasteiger partial charge >= 0.3 is 6.09 Å². The van der Waals surface area contributed by atoms with Crippen molar-refractivity contribution in [1.82, 2.24) is 34.7 Å². The van der Waals surface area contributed by atoms with Gasteiger partial charge < -0.3 is 19.4 Å². The third-order valence-corrected chi connectivity index (χ3v) is 6.91. The van der Waals surface area contributed by atoms with E-state index in [1.807, 2.05) is 24.3 Å². The molecule has 202 valence electrons. The Bertz CT molecular complexity index is 1730. The van der Waals surface area contributed by atoms with Crippen molar-refractivity contribution in [3.63, 3.8) is 0 Å². The summed E-state index contributed by atoms with van der Waals surface area (Å²) in [5.74, 6) is 0.690. The number of nitrogens with one attached hydrogen (secondary N) is 2. The second-order valence-electron chi connectivity index (χ2n) is 9.16. The Morgan fingerprint density at radius 3 is 2.77 bits per heavy atom. The van der Waals surface area contributed by atoms with Crippen molar-refractivity contribution in [1.29, 1.82) is 0 Å². The molecule has 0 saturated carbocycles. The fraction of sp³-hybridized carbons (Fsp3) is 0.185. The molecule has 4 heterocycles. The largest absolute Gasteiger partial charge is 0.447 e. The standard InChI is InChI=1S/C27H23ClN8O4/c28-18-3-7-23(35-15-30-33-34-35)21(13-18)17-11-20-6-8-24(36(20)25(38)12-17)26-29-14-22(32-26)16-1-4-19(5-2-16)31-27(39)40-10-9-37/h1-5,7,11-15,24,37H,6,8-10H2,(H,29,32)(H,31,39)/t24-/m0/s1. The number of hydrogen-bond donors (Lipinski definition) is 3. The number of tetrazole rings is 1. The van der Waals surface area contributed by atoms with E-state index in [1.165, 1.54) is 11.0 Å². The van der Waals surface area contributed by atoms with Crippen LogP contribution in [0.1, 0.15) is 24.0 Å². The van der Waals surface area contributed by atoms with Gasteiger partial charge in [0.2, 0.25) is 0 Å². The maximum absolute atomic E-state index is 13.4. The van der Waals surface area contributed by atoms with Crippen LogP contribution in [-0.4, -0.2) is 59.2 Å². The van der Waals surface area contributed by atoms with Crippen molar-refractivity contribution >= 4 is 23.4 Å². The fourth-order valence-electron chi connectivity index (χ4n) is 4.90. The number of carbonyl (C=O) groups is 1. The van der Waals surface area contributed by atoms with Gasteiger partial charge in [0.15, 0.2) is 0 Å². The molecule has 1 amide bonds. The number of carbonyl (C=O) groups excluding carboxylic acids is 1. The SMILES string of the molecule is O=C(Nc1ccc(-c2cnc([C@@H]3CCc4cc(-c5cc(Cl)ccc5-n5cnnn5)cc(=O)n43)[nH]2)cc1)OCCO. The maximum atomic E-state index is 13.4. The molecule has 1 atom stereocenters. The van der Waals surface area contributed by atoms with Gasteiger partial charge in [-0.15, -0.1) is 5.10 Å². The van der Waals surface area contributed by atoms with Crippen LogP contribution in [0.5, 0.6) is 0 Å². The van der Waals surface area contributed by atoms with Gasteiger partial charge in [0, 0.05) is 28.0 Å². The molecule has 3 N–H and O–H groups in total. The topological polar surface area (TPSA) is 153 Å². The van der Waals surface area contributed by atoms with E-state index in [2.05, 4.69) is 30.8 Å². The molecule has 0 saturated heterocycles. The molecule has 12 nitrogen and oxygen atoms in total. The number of rotatable bonds is 7. The third kappa shape index (κ3) is 4.97. The van der Waals surface area contributed by atoms with E-state index >= 15 is 0 Å². The van der Waals surface area contributed by atoms with Crippen LogP contribution in [0.2, 0.25) is 5.02 Å². The Balaban J connectivity index is 1.25. The first-order chi connectivity index (χ1) is 19.5. The third-order valence-electron chi connectivity index (χ3n) is 6.68. The highest BCUT2D eigenvalue weighted by Gasteiger charge is 2.28. The van der Waals surface area contributed by atoms with Crippen LogP contribution < -0.4 is 10.9 Å². The molecule has 3 aromatic heterocycles. The van der Waals surface area contributed by atoms with Gasteiger partial charge in [0.1, 0.15) is 18.8 Å². The summed E-state index contributed by atoms with van der Waals surface area (Å²) in [5.41, 5.74) is 5.17. The van der Waals surface area contributed by atoms with Crippen molar-refractivity contribution < 1.29 is 14.6 Å². The number of aliphatic hydroxyl groups excluding tert-OH is 1. The Hall–Kier alpha value is -4.81. The van der Waals surface area contributed by atoms with Gasteiger partial charge in [0.25, 0.3) is 5.56 Å². The summed E-state index contributed by atoms with van der Waals surface area (Å²) >= 11 is 6.30. The summed E-state index contributed by atoms with van der Waals surface area (Å²) < 4.78 is 8.12. The minimum Gasteiger partial charge on any atom is -0.447 e. The molecule has 1 aliphatic rings. The summed E-state index contributed by atoms with van der Waals surface area (Å²) in [7, 11) is 0. The number of ether oxygens (including phenoxy) is 1. The predicted molar refractivity (Wildman–Crippen MR) is 146 cm³/mol. The highest BCUT2D eigenvalue weighted by atomic mass is 35.5. The molecular weight excluding hydrogens is 536 g/mol. The number of aromatic nitrogens is 7. The van der Waals surface area contributed by atoms with E-state index < -0.39 is 6.09 Å². The molecule has 0 spiro atoms. The Morgan fingerprint density at radius 2 is 2.00 bits per heavy atom. The number of benzene rings is 2. The number of fused-ring (bicyclic) bond motifs is 1. The van der Waals surface area contributed by atoms with E-state index in [4.69, 9.17) is 21.4 Å². The number of halogens is 1. The second-order valence-corrected chi connectivity index (χ2v) is 9.59. The number of imidazole rings is 1. The average molecular weight is 559 g/mol. The number of aryl methyl sites for hydroxylation is 1. The van der Waals surface area contributed by atoms with Gasteiger partial charge in [-0.2, -0.15) is 4.68 Å². The van der Waals surface area contributed by atoms with Gasteiger partial charge in [-0.05, 0) is 70.8 Å². The molecule has 0 radical (unpaired) electrons. The summed E-state index contributed by atoms with van der Waals surface area (Å²) in [4.78, 5) is 33.1. The Morgan fingerprint density at radius 1 is 1.15 bits per heavy atom. The lowest BCUT2D eigenvalue weighted by Crippen LogP contribution is -2.23. The van der Waals surface area contributed by atoms with E-state index in [0.29, 0.717) is 28.6 Å². The first kappa shape index (κ1) is 25.5. The van der Waals surface area contributed by atoms with Gasteiger partial charge in [-0.25, -0.2) is 9.78 Å². The number of hydrogen-bond acceptors (Lipinski definition) is 8. The van der Waals surface area contributed by atoms with E-state index in [-0.39, 0.29) is 24.8 Å². The number of aromatic amines is 1. The summed E-state index contributed by atoms with van der Waals surface area (Å²) in [6.45, 7) is -0.310. The molecule has 0 fully saturated rings. The van der Waals surface area contributed by atoms with Crippen molar-refractivity contribution in [2.75, 3.05) is 18.5 Å². The molecule has 5 aromatic rings. The summed E-state index contributed by atoms with van der Waals surface area (Å²) in [6.07, 6.45) is 4.02. The lowest BCUT2D eigenvalue weighted by molar-refractivity contribution is 0.131. The zero-order valence-corrected chi connectivity index (χ0v) is 21.7. The lowest BCUT2D eigenvalue weighted by Gasteiger charge is -2.15. The van der Waals surface area contributed by atoms with Gasteiger partial charge in [-0.1, -0.05) is 23.7 Å². The lowest BCUT2D eigenvalue weighted by atomic mass is 10.0. The molecule has 2 aromatic carbocycles. The van der Waals surface area contributed by atoms with Crippen LogP contribution in [0.3, 0.4) is 0 Å². The molecule has 40 heavy (non-hydrogen) atoms. The normalized spacial score (nSPS) is 14.2. The number of nitrogens with zero attached hydrogens (tertiary/aromatic N) is 6.